The summed E-state index contributed by atoms with van der Waals surface area (Å²) in [6.07, 6.45) is 1.65. The molecule has 0 aliphatic heterocycles. The minimum atomic E-state index is 0.0453. The molecule has 18 heavy (non-hydrogen) atoms. The lowest BCUT2D eigenvalue weighted by atomic mass is 10.1. The predicted octanol–water partition coefficient (Wildman–Crippen LogP) is 1.64. The molecule has 2 rings (SSSR count). The number of benzene rings is 1. The highest BCUT2D eigenvalue weighted by Gasteiger charge is 2.07. The van der Waals surface area contributed by atoms with Crippen LogP contribution in [0.15, 0.2) is 35.4 Å². The summed E-state index contributed by atoms with van der Waals surface area (Å²) >= 11 is 0. The van der Waals surface area contributed by atoms with Crippen molar-refractivity contribution in [3.8, 4) is 0 Å². The first kappa shape index (κ1) is 12.8. The van der Waals surface area contributed by atoms with Crippen LogP contribution >= 0.6 is 0 Å². The van der Waals surface area contributed by atoms with E-state index < -0.39 is 0 Å². The molecule has 96 valence electrons. The number of aromatic nitrogens is 2. The molecule has 1 N–H and O–H groups in total. The monoisotopic (exact) mass is 245 g/mol. The minimum absolute atomic E-state index is 0.0453. The summed E-state index contributed by atoms with van der Waals surface area (Å²) in [5, 5.41) is 3.98. The Bertz CT molecular complexity index is 577. The third kappa shape index (κ3) is 2.76. The highest BCUT2D eigenvalue weighted by atomic mass is 16.1. The molecule has 0 aliphatic rings. The fraction of sp³-hybridized carbons (Fsp3) is 0.429. The van der Waals surface area contributed by atoms with Crippen molar-refractivity contribution in [3.05, 3.63) is 40.9 Å². The number of nitrogens with zero attached hydrogens (tertiary/aromatic N) is 2. The van der Waals surface area contributed by atoms with Crippen molar-refractivity contribution in [2.45, 2.75) is 20.4 Å². The third-order valence-corrected chi connectivity index (χ3v) is 2.98. The smallest absolute Gasteiger partial charge is 0.261 e. The van der Waals surface area contributed by atoms with E-state index in [1.807, 2.05) is 24.3 Å². The molecular weight excluding hydrogens is 226 g/mol. The summed E-state index contributed by atoms with van der Waals surface area (Å²) in [6.45, 7) is 6.77. The molecule has 1 atom stereocenters. The molecule has 0 fully saturated rings. The van der Waals surface area contributed by atoms with Crippen LogP contribution in [0.3, 0.4) is 0 Å². The van der Waals surface area contributed by atoms with Gasteiger partial charge in [-0.2, -0.15) is 0 Å². The van der Waals surface area contributed by atoms with Crippen molar-refractivity contribution in [1.82, 2.24) is 14.9 Å². The zero-order valence-corrected chi connectivity index (χ0v) is 10.9. The predicted molar refractivity (Wildman–Crippen MR) is 73.7 cm³/mol. The number of para-hydroxylation sites is 1. The molecule has 0 amide bonds. The molecule has 1 aromatic carbocycles. The van der Waals surface area contributed by atoms with Crippen LogP contribution in [0.1, 0.15) is 13.8 Å². The quantitative estimate of drug-likeness (QED) is 0.871. The first-order valence-electron chi connectivity index (χ1n) is 6.37. The van der Waals surface area contributed by atoms with E-state index in [9.17, 15) is 4.79 Å². The van der Waals surface area contributed by atoms with Gasteiger partial charge >= 0.3 is 0 Å². The molecule has 1 aromatic heterocycles. The molecule has 0 bridgehead atoms. The van der Waals surface area contributed by atoms with Crippen LogP contribution in [-0.2, 0) is 6.54 Å². The van der Waals surface area contributed by atoms with Crippen LogP contribution in [0.25, 0.3) is 10.9 Å². The Kier molecular flexibility index (Phi) is 4.10. The standard InChI is InChI=1S/C14H19N3O/c1-3-15-8-11(2)9-17-10-16-13-7-5-4-6-12(13)14(17)18/h4-7,10-11,15H,3,8-9H2,1-2H3. The van der Waals surface area contributed by atoms with E-state index in [4.69, 9.17) is 0 Å². The zero-order chi connectivity index (χ0) is 13.0. The summed E-state index contributed by atoms with van der Waals surface area (Å²) in [5.41, 5.74) is 0.807. The summed E-state index contributed by atoms with van der Waals surface area (Å²) < 4.78 is 1.70. The number of fused-ring (bicyclic) bond motifs is 1. The van der Waals surface area contributed by atoms with Gasteiger partial charge in [-0.1, -0.05) is 26.0 Å². The normalized spacial score (nSPS) is 12.8. The Morgan fingerprint density at radius 2 is 2.17 bits per heavy atom. The van der Waals surface area contributed by atoms with Gasteiger partial charge in [-0.25, -0.2) is 4.98 Å². The Morgan fingerprint density at radius 3 is 2.94 bits per heavy atom. The minimum Gasteiger partial charge on any atom is -0.317 e. The van der Waals surface area contributed by atoms with E-state index in [1.165, 1.54) is 0 Å². The highest BCUT2D eigenvalue weighted by molar-refractivity contribution is 5.76. The first-order valence-corrected chi connectivity index (χ1v) is 6.37. The van der Waals surface area contributed by atoms with Crippen LogP contribution in [0.4, 0.5) is 0 Å². The Morgan fingerprint density at radius 1 is 1.39 bits per heavy atom. The SMILES string of the molecule is CCNCC(C)Cn1cnc2ccccc2c1=O. The summed E-state index contributed by atoms with van der Waals surface area (Å²) in [7, 11) is 0. The topological polar surface area (TPSA) is 46.9 Å². The lowest BCUT2D eigenvalue weighted by molar-refractivity contribution is 0.443. The van der Waals surface area contributed by atoms with Crippen molar-refractivity contribution in [3.63, 3.8) is 0 Å². The van der Waals surface area contributed by atoms with Gasteiger partial charge in [-0.3, -0.25) is 9.36 Å². The molecule has 0 saturated heterocycles. The highest BCUT2D eigenvalue weighted by Crippen LogP contribution is 2.05. The van der Waals surface area contributed by atoms with Crippen LogP contribution in [0.5, 0.6) is 0 Å². The molecule has 1 heterocycles. The molecule has 4 heteroatoms. The lowest BCUT2D eigenvalue weighted by Gasteiger charge is -2.13. The van der Waals surface area contributed by atoms with Gasteiger partial charge in [0.05, 0.1) is 17.2 Å². The third-order valence-electron chi connectivity index (χ3n) is 2.98. The molecule has 1 unspecified atom stereocenters. The molecule has 4 nitrogen and oxygen atoms in total. The molecular formula is C14H19N3O. The largest absolute Gasteiger partial charge is 0.317 e. The van der Waals surface area contributed by atoms with E-state index in [1.54, 1.807) is 10.9 Å². The maximum Gasteiger partial charge on any atom is 0.261 e. The van der Waals surface area contributed by atoms with Crippen molar-refractivity contribution in [1.29, 1.82) is 0 Å². The summed E-state index contributed by atoms with van der Waals surface area (Å²) in [5.74, 6) is 0.408. The van der Waals surface area contributed by atoms with E-state index in [-0.39, 0.29) is 5.56 Å². The average Bonchev–Trinajstić information content (AvgIpc) is 2.40. The summed E-state index contributed by atoms with van der Waals surface area (Å²) in [6, 6.07) is 7.46. The fourth-order valence-corrected chi connectivity index (χ4v) is 2.03. The second kappa shape index (κ2) is 5.78. The van der Waals surface area contributed by atoms with Gasteiger partial charge in [-0.15, -0.1) is 0 Å². The fourth-order valence-electron chi connectivity index (χ4n) is 2.03. The Labute approximate surface area is 107 Å². The Balaban J connectivity index is 2.24. The van der Waals surface area contributed by atoms with E-state index in [2.05, 4.69) is 24.1 Å². The number of hydrogen-bond donors (Lipinski definition) is 1. The summed E-state index contributed by atoms with van der Waals surface area (Å²) in [4.78, 5) is 16.6. The molecule has 0 aliphatic carbocycles. The van der Waals surface area contributed by atoms with Gasteiger partial charge < -0.3 is 5.32 Å². The van der Waals surface area contributed by atoms with Crippen molar-refractivity contribution >= 4 is 10.9 Å². The van der Waals surface area contributed by atoms with E-state index >= 15 is 0 Å². The maximum atomic E-state index is 12.2. The Hall–Kier alpha value is -1.68. The van der Waals surface area contributed by atoms with Gasteiger partial charge in [-0.05, 0) is 31.1 Å². The second-order valence-corrected chi connectivity index (χ2v) is 4.63. The molecule has 0 radical (unpaired) electrons. The second-order valence-electron chi connectivity index (χ2n) is 4.63. The van der Waals surface area contributed by atoms with Crippen LogP contribution < -0.4 is 10.9 Å². The van der Waals surface area contributed by atoms with Crippen LogP contribution in [0, 0.1) is 5.92 Å². The van der Waals surface area contributed by atoms with Gasteiger partial charge in [0.2, 0.25) is 0 Å². The van der Waals surface area contributed by atoms with Crippen LogP contribution in [-0.4, -0.2) is 22.6 Å². The van der Waals surface area contributed by atoms with Gasteiger partial charge in [0.15, 0.2) is 0 Å². The van der Waals surface area contributed by atoms with Gasteiger partial charge in [0.25, 0.3) is 5.56 Å². The van der Waals surface area contributed by atoms with Crippen LogP contribution in [0.2, 0.25) is 0 Å². The van der Waals surface area contributed by atoms with Crippen molar-refractivity contribution in [2.75, 3.05) is 13.1 Å². The van der Waals surface area contributed by atoms with E-state index in [0.717, 1.165) is 18.6 Å². The maximum absolute atomic E-state index is 12.2. The van der Waals surface area contributed by atoms with E-state index in [0.29, 0.717) is 17.8 Å². The molecule has 0 saturated carbocycles. The first-order chi connectivity index (χ1) is 8.72. The number of nitrogens with one attached hydrogen (secondary N) is 1. The molecule has 2 aromatic rings. The van der Waals surface area contributed by atoms with Crippen molar-refractivity contribution < 1.29 is 0 Å². The number of hydrogen-bond acceptors (Lipinski definition) is 3. The van der Waals surface area contributed by atoms with Gasteiger partial charge in [0, 0.05) is 6.54 Å². The molecule has 0 spiro atoms. The van der Waals surface area contributed by atoms with Gasteiger partial charge in [0.1, 0.15) is 0 Å². The lowest BCUT2D eigenvalue weighted by Crippen LogP contribution is -2.29. The zero-order valence-electron chi connectivity index (χ0n) is 10.9. The number of rotatable bonds is 5. The average molecular weight is 245 g/mol. The van der Waals surface area contributed by atoms with Crippen molar-refractivity contribution in [2.24, 2.45) is 5.92 Å².